The summed E-state index contributed by atoms with van der Waals surface area (Å²) in [6.07, 6.45) is 3.54. The molecule has 0 radical (unpaired) electrons. The van der Waals surface area contributed by atoms with Crippen LogP contribution in [0, 0.1) is 5.92 Å². The van der Waals surface area contributed by atoms with Gasteiger partial charge >= 0.3 is 0 Å². The number of carbonyl (C=O) groups excluding carboxylic acids is 1. The zero-order valence-electron chi connectivity index (χ0n) is 15.0. The predicted molar refractivity (Wildman–Crippen MR) is 104 cm³/mol. The molecular formula is C19H23N3O3S2. The Bertz CT molecular complexity index is 899. The SMILES string of the molecule is O=C(NCc1csc(C2CCN(S(=O)(=O)c3ccccc3)CC2)n1)C1CC1. The number of nitrogens with zero attached hydrogens (tertiary/aromatic N) is 2. The van der Waals surface area contributed by atoms with Crippen LogP contribution in [-0.2, 0) is 21.4 Å². The van der Waals surface area contributed by atoms with Crippen molar-refractivity contribution in [1.82, 2.24) is 14.6 Å². The summed E-state index contributed by atoms with van der Waals surface area (Å²) in [5.41, 5.74) is 0.892. The maximum atomic E-state index is 12.7. The number of carbonyl (C=O) groups is 1. The van der Waals surface area contributed by atoms with Gasteiger partial charge in [-0.1, -0.05) is 18.2 Å². The van der Waals surface area contributed by atoms with Crippen LogP contribution in [0.3, 0.4) is 0 Å². The third-order valence-corrected chi connectivity index (χ3v) is 8.11. The van der Waals surface area contributed by atoms with E-state index in [9.17, 15) is 13.2 Å². The van der Waals surface area contributed by atoms with Gasteiger partial charge in [0.05, 0.1) is 22.1 Å². The lowest BCUT2D eigenvalue weighted by atomic mass is 9.99. The Kier molecular flexibility index (Phi) is 5.29. The van der Waals surface area contributed by atoms with E-state index >= 15 is 0 Å². The van der Waals surface area contributed by atoms with E-state index in [0.29, 0.717) is 24.5 Å². The summed E-state index contributed by atoms with van der Waals surface area (Å²) >= 11 is 1.61. The van der Waals surface area contributed by atoms with Gasteiger partial charge in [0.25, 0.3) is 0 Å². The Labute approximate surface area is 163 Å². The van der Waals surface area contributed by atoms with E-state index in [1.807, 2.05) is 11.4 Å². The van der Waals surface area contributed by atoms with E-state index in [4.69, 9.17) is 0 Å². The van der Waals surface area contributed by atoms with E-state index in [0.717, 1.165) is 36.4 Å². The number of hydrogen-bond donors (Lipinski definition) is 1. The van der Waals surface area contributed by atoms with Gasteiger partial charge in [-0.25, -0.2) is 13.4 Å². The second-order valence-electron chi connectivity index (χ2n) is 7.16. The molecule has 1 saturated carbocycles. The van der Waals surface area contributed by atoms with E-state index in [-0.39, 0.29) is 17.7 Å². The van der Waals surface area contributed by atoms with Crippen LogP contribution >= 0.6 is 11.3 Å². The lowest BCUT2D eigenvalue weighted by molar-refractivity contribution is -0.122. The van der Waals surface area contributed by atoms with Crippen molar-refractivity contribution in [2.75, 3.05) is 13.1 Å². The highest BCUT2D eigenvalue weighted by atomic mass is 32.2. The van der Waals surface area contributed by atoms with Crippen molar-refractivity contribution < 1.29 is 13.2 Å². The first-order chi connectivity index (χ1) is 13.0. The molecule has 8 heteroatoms. The molecule has 0 unspecified atom stereocenters. The molecule has 0 atom stereocenters. The molecule has 1 aliphatic heterocycles. The molecule has 0 bridgehead atoms. The highest BCUT2D eigenvalue weighted by molar-refractivity contribution is 7.89. The van der Waals surface area contributed by atoms with E-state index in [1.165, 1.54) is 0 Å². The maximum Gasteiger partial charge on any atom is 0.243 e. The minimum Gasteiger partial charge on any atom is -0.350 e. The highest BCUT2D eigenvalue weighted by Crippen LogP contribution is 2.33. The first kappa shape index (κ1) is 18.6. The number of hydrogen-bond acceptors (Lipinski definition) is 5. The van der Waals surface area contributed by atoms with Gasteiger partial charge in [0.2, 0.25) is 15.9 Å². The molecule has 1 N–H and O–H groups in total. The second-order valence-corrected chi connectivity index (χ2v) is 9.99. The van der Waals surface area contributed by atoms with E-state index < -0.39 is 10.0 Å². The predicted octanol–water partition coefficient (Wildman–Crippen LogP) is 2.74. The number of piperidine rings is 1. The Hall–Kier alpha value is -1.77. The number of thiazole rings is 1. The molecule has 2 fully saturated rings. The third kappa shape index (κ3) is 4.23. The molecule has 144 valence electrons. The van der Waals surface area contributed by atoms with Crippen LogP contribution in [0.5, 0.6) is 0 Å². The van der Waals surface area contributed by atoms with Crippen LogP contribution in [-0.4, -0.2) is 36.7 Å². The van der Waals surface area contributed by atoms with Gasteiger partial charge in [-0.2, -0.15) is 4.31 Å². The Morgan fingerprint density at radius 3 is 2.52 bits per heavy atom. The smallest absolute Gasteiger partial charge is 0.243 e. The minimum absolute atomic E-state index is 0.129. The average Bonchev–Trinajstić information content (AvgIpc) is 3.45. The number of amides is 1. The summed E-state index contributed by atoms with van der Waals surface area (Å²) in [6.45, 7) is 1.50. The summed E-state index contributed by atoms with van der Waals surface area (Å²) < 4.78 is 27.0. The van der Waals surface area contributed by atoms with E-state index in [2.05, 4.69) is 10.3 Å². The molecule has 1 aliphatic carbocycles. The van der Waals surface area contributed by atoms with Gasteiger partial charge in [0.15, 0.2) is 0 Å². The standard InChI is InChI=1S/C19H23N3O3S2/c23-18(14-6-7-14)20-12-16-13-26-19(21-16)15-8-10-22(11-9-15)27(24,25)17-4-2-1-3-5-17/h1-5,13-15H,6-12H2,(H,20,23). The lowest BCUT2D eigenvalue weighted by Crippen LogP contribution is -2.37. The lowest BCUT2D eigenvalue weighted by Gasteiger charge is -2.30. The van der Waals surface area contributed by atoms with Crippen LogP contribution < -0.4 is 5.32 Å². The van der Waals surface area contributed by atoms with Crippen LogP contribution in [0.2, 0.25) is 0 Å². The molecular weight excluding hydrogens is 382 g/mol. The molecule has 1 amide bonds. The van der Waals surface area contributed by atoms with Gasteiger partial charge in [-0.15, -0.1) is 11.3 Å². The normalized spacial score (nSPS) is 19.1. The van der Waals surface area contributed by atoms with Crippen molar-refractivity contribution in [3.63, 3.8) is 0 Å². The minimum atomic E-state index is -3.41. The molecule has 1 aromatic carbocycles. The molecule has 2 heterocycles. The first-order valence-electron chi connectivity index (χ1n) is 9.31. The summed E-state index contributed by atoms with van der Waals surface area (Å²) in [5, 5.41) is 5.98. The molecule has 2 aliphatic rings. The first-order valence-corrected chi connectivity index (χ1v) is 11.6. The summed E-state index contributed by atoms with van der Waals surface area (Å²) in [5.74, 6) is 0.619. The molecule has 1 saturated heterocycles. The number of sulfonamides is 1. The van der Waals surface area contributed by atoms with Gasteiger partial charge in [-0.05, 0) is 37.8 Å². The molecule has 27 heavy (non-hydrogen) atoms. The Balaban J connectivity index is 1.33. The van der Waals surface area contributed by atoms with Crippen LogP contribution in [0.25, 0.3) is 0 Å². The van der Waals surface area contributed by atoms with Crippen molar-refractivity contribution in [1.29, 1.82) is 0 Å². The fourth-order valence-corrected chi connectivity index (χ4v) is 5.83. The monoisotopic (exact) mass is 405 g/mol. The molecule has 1 aromatic heterocycles. The quantitative estimate of drug-likeness (QED) is 0.801. The van der Waals surface area contributed by atoms with Gasteiger partial charge < -0.3 is 5.32 Å². The largest absolute Gasteiger partial charge is 0.350 e. The molecule has 4 rings (SSSR count). The summed E-state index contributed by atoms with van der Waals surface area (Å²) in [7, 11) is -3.41. The van der Waals surface area contributed by atoms with Gasteiger partial charge in [0, 0.05) is 30.3 Å². The van der Waals surface area contributed by atoms with Crippen LogP contribution in [0.15, 0.2) is 40.6 Å². The highest BCUT2D eigenvalue weighted by Gasteiger charge is 2.31. The number of rotatable bonds is 6. The second kappa shape index (κ2) is 7.69. The Morgan fingerprint density at radius 1 is 1.15 bits per heavy atom. The topological polar surface area (TPSA) is 79.4 Å². The molecule has 6 nitrogen and oxygen atoms in total. The molecule has 0 spiro atoms. The van der Waals surface area contributed by atoms with Crippen LogP contribution in [0.1, 0.15) is 42.3 Å². The zero-order chi connectivity index (χ0) is 18.9. The number of nitrogens with one attached hydrogen (secondary N) is 1. The Morgan fingerprint density at radius 2 is 1.85 bits per heavy atom. The fourth-order valence-electron chi connectivity index (χ4n) is 3.34. The maximum absolute atomic E-state index is 12.7. The van der Waals surface area contributed by atoms with Crippen LogP contribution in [0.4, 0.5) is 0 Å². The van der Waals surface area contributed by atoms with Crippen molar-refractivity contribution in [2.24, 2.45) is 5.92 Å². The fraction of sp³-hybridized carbons (Fsp3) is 0.474. The van der Waals surface area contributed by atoms with E-state index in [1.54, 1.807) is 39.9 Å². The van der Waals surface area contributed by atoms with Crippen molar-refractivity contribution >= 4 is 27.3 Å². The van der Waals surface area contributed by atoms with Crippen molar-refractivity contribution in [2.45, 2.75) is 43.0 Å². The summed E-state index contributed by atoms with van der Waals surface area (Å²) in [6, 6.07) is 8.60. The van der Waals surface area contributed by atoms with Crippen molar-refractivity contribution in [3.8, 4) is 0 Å². The van der Waals surface area contributed by atoms with Gasteiger partial charge in [-0.3, -0.25) is 4.79 Å². The third-order valence-electron chi connectivity index (χ3n) is 5.15. The number of benzene rings is 1. The average molecular weight is 406 g/mol. The zero-order valence-corrected chi connectivity index (χ0v) is 16.6. The number of aromatic nitrogens is 1. The molecule has 2 aromatic rings. The summed E-state index contributed by atoms with van der Waals surface area (Å²) in [4.78, 5) is 16.8. The van der Waals surface area contributed by atoms with Gasteiger partial charge in [0.1, 0.15) is 0 Å². The van der Waals surface area contributed by atoms with Crippen molar-refractivity contribution in [3.05, 3.63) is 46.4 Å².